The third kappa shape index (κ3) is 2.85. The molecule has 0 aliphatic heterocycles. The van der Waals surface area contributed by atoms with Crippen LogP contribution in [0.3, 0.4) is 0 Å². The lowest BCUT2D eigenvalue weighted by Gasteiger charge is -2.04. The highest BCUT2D eigenvalue weighted by molar-refractivity contribution is 5.94. The molecule has 4 rings (SSSR count). The Hall–Kier alpha value is -3.21. The van der Waals surface area contributed by atoms with Gasteiger partial charge >= 0.3 is 0 Å². The van der Waals surface area contributed by atoms with Gasteiger partial charge in [-0.25, -0.2) is 4.98 Å². The minimum absolute atomic E-state index is 0.0143. The lowest BCUT2D eigenvalue weighted by molar-refractivity contribution is 0.459. The number of aromatic amines is 1. The van der Waals surface area contributed by atoms with E-state index in [-0.39, 0.29) is 5.88 Å². The first-order valence-corrected chi connectivity index (χ1v) is 8.24. The van der Waals surface area contributed by atoms with Crippen LogP contribution in [0.2, 0.25) is 0 Å². The second-order valence-corrected chi connectivity index (χ2v) is 6.34. The summed E-state index contributed by atoms with van der Waals surface area (Å²) in [4.78, 5) is 7.42. The third-order valence-corrected chi connectivity index (χ3v) is 4.28. The summed E-state index contributed by atoms with van der Waals surface area (Å²) < 4.78 is 0. The number of aromatic hydroxyl groups is 1. The fourth-order valence-electron chi connectivity index (χ4n) is 2.85. The molecule has 2 N–H and O–H groups in total. The van der Waals surface area contributed by atoms with E-state index in [1.165, 1.54) is 5.56 Å². The Bertz CT molecular complexity index is 1100. The van der Waals surface area contributed by atoms with Gasteiger partial charge in [-0.1, -0.05) is 38.1 Å². The molecule has 2 heterocycles. The lowest BCUT2D eigenvalue weighted by Crippen LogP contribution is -1.85. The van der Waals surface area contributed by atoms with E-state index < -0.39 is 0 Å². The largest absolute Gasteiger partial charge is 0.493 e. The molecular weight excluding hydrogens is 312 g/mol. The average Bonchev–Trinajstić information content (AvgIpc) is 2.94. The molecule has 0 spiro atoms. The number of pyridine rings is 1. The lowest BCUT2D eigenvalue weighted by atomic mass is 10.0. The predicted molar refractivity (Wildman–Crippen MR) is 100.0 cm³/mol. The second-order valence-electron chi connectivity index (χ2n) is 6.34. The molecule has 0 unspecified atom stereocenters. The van der Waals surface area contributed by atoms with Crippen LogP contribution < -0.4 is 0 Å². The zero-order valence-corrected chi connectivity index (χ0v) is 14.1. The van der Waals surface area contributed by atoms with Crippen LogP contribution in [-0.4, -0.2) is 15.1 Å². The Labute approximate surface area is 145 Å². The number of rotatable bonds is 3. The summed E-state index contributed by atoms with van der Waals surface area (Å²) >= 11 is 0. The molecule has 4 aromatic rings. The summed E-state index contributed by atoms with van der Waals surface area (Å²) in [5, 5.41) is 20.6. The Morgan fingerprint density at radius 1 is 1.00 bits per heavy atom. The van der Waals surface area contributed by atoms with E-state index in [9.17, 15) is 5.11 Å². The van der Waals surface area contributed by atoms with Crippen LogP contribution in [0.1, 0.15) is 25.3 Å². The van der Waals surface area contributed by atoms with Crippen molar-refractivity contribution in [2.75, 3.05) is 0 Å². The van der Waals surface area contributed by atoms with E-state index in [0.717, 1.165) is 21.8 Å². The number of fused-ring (bicyclic) bond motifs is 2. The fraction of sp³-hybridized carbons (Fsp3) is 0.150. The van der Waals surface area contributed by atoms with E-state index in [2.05, 4.69) is 40.1 Å². The molecule has 5 heteroatoms. The Kier molecular flexibility index (Phi) is 3.69. The molecule has 2 aromatic carbocycles. The molecule has 0 aliphatic rings. The van der Waals surface area contributed by atoms with Crippen LogP contribution in [0.5, 0.6) is 5.88 Å². The average molecular weight is 330 g/mol. The number of H-pyrrole nitrogens is 1. The van der Waals surface area contributed by atoms with E-state index >= 15 is 0 Å². The summed E-state index contributed by atoms with van der Waals surface area (Å²) in [6, 6.07) is 17.7. The highest BCUT2D eigenvalue weighted by atomic mass is 16.3. The van der Waals surface area contributed by atoms with Crippen molar-refractivity contribution in [3.8, 4) is 5.88 Å². The van der Waals surface area contributed by atoms with Gasteiger partial charge in [0.25, 0.3) is 0 Å². The molecular formula is C20H18N4O. The first kappa shape index (κ1) is 15.3. The molecule has 25 heavy (non-hydrogen) atoms. The van der Waals surface area contributed by atoms with Crippen LogP contribution in [0, 0.1) is 0 Å². The monoisotopic (exact) mass is 330 g/mol. The molecule has 0 fully saturated rings. The van der Waals surface area contributed by atoms with Gasteiger partial charge in [-0.15, -0.1) is 10.2 Å². The fourth-order valence-corrected chi connectivity index (χ4v) is 2.85. The van der Waals surface area contributed by atoms with E-state index in [4.69, 9.17) is 0 Å². The molecule has 5 nitrogen and oxygen atoms in total. The highest BCUT2D eigenvalue weighted by Gasteiger charge is 2.12. The molecule has 0 saturated heterocycles. The van der Waals surface area contributed by atoms with E-state index in [1.54, 1.807) is 0 Å². The zero-order chi connectivity index (χ0) is 17.4. The molecule has 124 valence electrons. The van der Waals surface area contributed by atoms with Crippen molar-refractivity contribution in [3.63, 3.8) is 0 Å². The van der Waals surface area contributed by atoms with Gasteiger partial charge in [0, 0.05) is 10.8 Å². The maximum absolute atomic E-state index is 10.2. The summed E-state index contributed by atoms with van der Waals surface area (Å²) in [6.07, 6.45) is 0. The Balaban J connectivity index is 1.76. The zero-order valence-electron chi connectivity index (χ0n) is 14.1. The second kappa shape index (κ2) is 6.02. The minimum atomic E-state index is 0.0143. The number of benzene rings is 2. The minimum Gasteiger partial charge on any atom is -0.493 e. The van der Waals surface area contributed by atoms with Crippen molar-refractivity contribution >= 4 is 33.3 Å². The smallest absolute Gasteiger partial charge is 0.218 e. The number of nitrogens with zero attached hydrogens (tertiary/aromatic N) is 3. The number of azo groups is 1. The van der Waals surface area contributed by atoms with Crippen LogP contribution in [0.25, 0.3) is 21.8 Å². The standard InChI is InChI=1S/C20H18N4O/c1-12(2)14-7-9-17-15(11-14)19(20(25)22-17)24-23-18-10-8-13-5-3-4-6-16(13)21-18/h3-12,22,25H,1-2H3. The third-order valence-electron chi connectivity index (χ3n) is 4.28. The maximum Gasteiger partial charge on any atom is 0.218 e. The van der Waals surface area contributed by atoms with Crippen LogP contribution in [0.15, 0.2) is 64.8 Å². The molecule has 0 amide bonds. The Morgan fingerprint density at radius 3 is 2.68 bits per heavy atom. The van der Waals surface area contributed by atoms with Gasteiger partial charge in [0.05, 0.1) is 11.0 Å². The van der Waals surface area contributed by atoms with E-state index in [1.807, 2.05) is 48.5 Å². The van der Waals surface area contributed by atoms with Crippen LogP contribution >= 0.6 is 0 Å². The normalized spacial score (nSPS) is 12.0. The molecule has 0 atom stereocenters. The van der Waals surface area contributed by atoms with Crippen molar-refractivity contribution < 1.29 is 5.11 Å². The van der Waals surface area contributed by atoms with Gasteiger partial charge < -0.3 is 10.1 Å². The number of hydrogen-bond donors (Lipinski definition) is 2. The topological polar surface area (TPSA) is 73.6 Å². The maximum atomic E-state index is 10.2. The van der Waals surface area contributed by atoms with Crippen LogP contribution in [-0.2, 0) is 0 Å². The summed E-state index contributed by atoms with van der Waals surface area (Å²) in [5.41, 5.74) is 3.32. The van der Waals surface area contributed by atoms with E-state index in [0.29, 0.717) is 17.4 Å². The van der Waals surface area contributed by atoms with Gasteiger partial charge in [-0.2, -0.15) is 0 Å². The van der Waals surface area contributed by atoms with Crippen LogP contribution in [0.4, 0.5) is 11.5 Å². The van der Waals surface area contributed by atoms with Crippen molar-refractivity contribution in [2.24, 2.45) is 10.2 Å². The number of nitrogens with one attached hydrogen (secondary N) is 1. The van der Waals surface area contributed by atoms with Crippen molar-refractivity contribution in [2.45, 2.75) is 19.8 Å². The first-order chi connectivity index (χ1) is 12.1. The highest BCUT2D eigenvalue weighted by Crippen LogP contribution is 2.37. The SMILES string of the molecule is CC(C)c1ccc2[nH]c(O)c(N=Nc3ccc4ccccc4n3)c2c1. The molecule has 0 saturated carbocycles. The van der Waals surface area contributed by atoms with Crippen molar-refractivity contribution in [1.82, 2.24) is 9.97 Å². The van der Waals surface area contributed by atoms with Gasteiger partial charge in [-0.3, -0.25) is 0 Å². The number of hydrogen-bond acceptors (Lipinski definition) is 4. The number of aromatic nitrogens is 2. The molecule has 0 bridgehead atoms. The van der Waals surface area contributed by atoms with Gasteiger partial charge in [0.2, 0.25) is 5.88 Å². The summed E-state index contributed by atoms with van der Waals surface area (Å²) in [6.45, 7) is 4.27. The van der Waals surface area contributed by atoms with Crippen molar-refractivity contribution in [1.29, 1.82) is 0 Å². The Morgan fingerprint density at radius 2 is 1.84 bits per heavy atom. The molecule has 0 aliphatic carbocycles. The summed E-state index contributed by atoms with van der Waals surface area (Å²) in [5.74, 6) is 0.918. The predicted octanol–water partition coefficient (Wildman–Crippen LogP) is 5.96. The number of para-hydroxylation sites is 1. The quantitative estimate of drug-likeness (QED) is 0.455. The first-order valence-electron chi connectivity index (χ1n) is 8.24. The van der Waals surface area contributed by atoms with Crippen molar-refractivity contribution in [3.05, 3.63) is 60.2 Å². The van der Waals surface area contributed by atoms with Gasteiger partial charge in [0.15, 0.2) is 11.5 Å². The molecule has 2 aromatic heterocycles. The van der Waals surface area contributed by atoms with Gasteiger partial charge in [-0.05, 0) is 41.8 Å². The molecule has 0 radical (unpaired) electrons. The summed E-state index contributed by atoms with van der Waals surface area (Å²) in [7, 11) is 0. The van der Waals surface area contributed by atoms with Gasteiger partial charge in [0.1, 0.15) is 0 Å².